The SMILES string of the molecule is O=C(CS)NCCOCCOCCNC(=O)CCCCC1SCC2NC(=O)NC21. The third kappa shape index (κ3) is 9.45. The van der Waals surface area contributed by atoms with Gasteiger partial charge in [0.05, 0.1) is 44.3 Å². The summed E-state index contributed by atoms with van der Waals surface area (Å²) in [6.07, 6.45) is 3.35. The van der Waals surface area contributed by atoms with Crippen LogP contribution in [0.1, 0.15) is 25.7 Å². The van der Waals surface area contributed by atoms with E-state index in [1.807, 2.05) is 11.8 Å². The van der Waals surface area contributed by atoms with Gasteiger partial charge in [0.2, 0.25) is 11.8 Å². The summed E-state index contributed by atoms with van der Waals surface area (Å²) in [7, 11) is 0. The van der Waals surface area contributed by atoms with Crippen molar-refractivity contribution in [3.63, 3.8) is 0 Å². The first-order valence-corrected chi connectivity index (χ1v) is 11.8. The summed E-state index contributed by atoms with van der Waals surface area (Å²) in [5, 5.41) is 11.9. The Labute approximate surface area is 181 Å². The number of hydrogen-bond donors (Lipinski definition) is 5. The van der Waals surface area contributed by atoms with Crippen molar-refractivity contribution in [3.8, 4) is 0 Å². The van der Waals surface area contributed by atoms with Crippen LogP contribution in [-0.2, 0) is 19.1 Å². The molecule has 2 heterocycles. The first-order chi connectivity index (χ1) is 14.1. The molecule has 0 spiro atoms. The van der Waals surface area contributed by atoms with Gasteiger partial charge in [0, 0.05) is 30.5 Å². The Bertz CT molecular complexity index is 540. The number of carbonyl (C=O) groups is 3. The third-order valence-corrected chi connectivity index (χ3v) is 6.53. The fourth-order valence-electron chi connectivity index (χ4n) is 3.27. The number of fused-ring (bicyclic) bond motifs is 1. The topological polar surface area (TPSA) is 118 Å². The van der Waals surface area contributed by atoms with Gasteiger partial charge >= 0.3 is 6.03 Å². The van der Waals surface area contributed by atoms with Crippen LogP contribution in [0, 0.1) is 0 Å². The number of thioether (sulfide) groups is 1. The Morgan fingerprint density at radius 3 is 2.41 bits per heavy atom. The zero-order chi connectivity index (χ0) is 20.9. The lowest BCUT2D eigenvalue weighted by atomic mass is 10.0. The van der Waals surface area contributed by atoms with E-state index in [9.17, 15) is 14.4 Å². The van der Waals surface area contributed by atoms with E-state index < -0.39 is 0 Å². The van der Waals surface area contributed by atoms with E-state index in [2.05, 4.69) is 33.9 Å². The predicted octanol–water partition coefficient (Wildman–Crippen LogP) is -0.0924. The minimum atomic E-state index is -0.116. The summed E-state index contributed by atoms with van der Waals surface area (Å²) in [6, 6.07) is 0.426. The van der Waals surface area contributed by atoms with Crippen LogP contribution in [0.5, 0.6) is 0 Å². The Morgan fingerprint density at radius 2 is 1.72 bits per heavy atom. The normalized spacial score (nSPS) is 22.7. The maximum atomic E-state index is 11.8. The molecule has 0 aromatic heterocycles. The van der Waals surface area contributed by atoms with Crippen LogP contribution in [-0.4, -0.2) is 86.2 Å². The van der Waals surface area contributed by atoms with Crippen molar-refractivity contribution < 1.29 is 23.9 Å². The number of hydrogen-bond acceptors (Lipinski definition) is 7. The molecule has 3 atom stereocenters. The van der Waals surface area contributed by atoms with Crippen LogP contribution in [0.4, 0.5) is 4.79 Å². The number of nitrogens with one attached hydrogen (secondary N) is 4. The summed E-state index contributed by atoms with van der Waals surface area (Å²) < 4.78 is 10.7. The van der Waals surface area contributed by atoms with E-state index in [4.69, 9.17) is 9.47 Å². The number of rotatable bonds is 15. The molecule has 2 saturated heterocycles. The molecule has 0 saturated carbocycles. The van der Waals surface area contributed by atoms with Crippen LogP contribution in [0.25, 0.3) is 0 Å². The fraction of sp³-hybridized carbons (Fsp3) is 0.833. The van der Waals surface area contributed by atoms with E-state index in [-0.39, 0.29) is 35.7 Å². The molecule has 2 aliphatic rings. The van der Waals surface area contributed by atoms with Crippen LogP contribution >= 0.6 is 24.4 Å². The van der Waals surface area contributed by atoms with Crippen LogP contribution < -0.4 is 21.3 Å². The van der Waals surface area contributed by atoms with Gasteiger partial charge in [-0.2, -0.15) is 24.4 Å². The highest BCUT2D eigenvalue weighted by Crippen LogP contribution is 2.33. The Morgan fingerprint density at radius 1 is 1.03 bits per heavy atom. The van der Waals surface area contributed by atoms with Gasteiger partial charge in [-0.15, -0.1) is 0 Å². The van der Waals surface area contributed by atoms with Crippen LogP contribution in [0.15, 0.2) is 0 Å². The van der Waals surface area contributed by atoms with Gasteiger partial charge in [0.1, 0.15) is 0 Å². The lowest BCUT2D eigenvalue weighted by Crippen LogP contribution is -2.36. The maximum absolute atomic E-state index is 11.8. The highest BCUT2D eigenvalue weighted by Gasteiger charge is 2.42. The minimum absolute atomic E-state index is 0.0394. The van der Waals surface area contributed by atoms with E-state index in [0.717, 1.165) is 25.0 Å². The van der Waals surface area contributed by atoms with Crippen molar-refractivity contribution in [2.45, 2.75) is 43.0 Å². The van der Waals surface area contributed by atoms with Crippen molar-refractivity contribution >= 4 is 42.2 Å². The summed E-state index contributed by atoms with van der Waals surface area (Å²) in [5.74, 6) is 1.06. The van der Waals surface area contributed by atoms with E-state index >= 15 is 0 Å². The van der Waals surface area contributed by atoms with Crippen LogP contribution in [0.3, 0.4) is 0 Å². The highest BCUT2D eigenvalue weighted by atomic mass is 32.2. The zero-order valence-corrected chi connectivity index (χ0v) is 18.3. The fourth-order valence-corrected chi connectivity index (χ4v) is 4.92. The Balaban J connectivity index is 1.35. The molecule has 29 heavy (non-hydrogen) atoms. The molecule has 4 N–H and O–H groups in total. The summed E-state index contributed by atoms with van der Waals surface area (Å²) in [6.45, 7) is 2.71. The molecule has 0 radical (unpaired) electrons. The van der Waals surface area contributed by atoms with Crippen molar-refractivity contribution in [3.05, 3.63) is 0 Å². The average Bonchev–Trinajstić information content (AvgIpc) is 3.25. The Hall–Kier alpha value is -1.17. The standard InChI is InChI=1S/C18H32N4O5S2/c23-15(19-5-7-26-9-10-27-8-6-20-16(24)11-28)4-2-1-3-14-17-13(12-29-14)21-18(25)22-17/h13-14,17,28H,1-12H2,(H,19,23)(H,20,24)(H2,21,22,25). The van der Waals surface area contributed by atoms with E-state index in [0.29, 0.717) is 51.2 Å². The number of carbonyl (C=O) groups excluding carboxylic acids is 3. The number of thiol groups is 1. The highest BCUT2D eigenvalue weighted by molar-refractivity contribution is 8.00. The summed E-state index contributed by atoms with van der Waals surface area (Å²) in [5.41, 5.74) is 0. The molecule has 11 heteroatoms. The van der Waals surface area contributed by atoms with E-state index in [1.165, 1.54) is 0 Å². The predicted molar refractivity (Wildman–Crippen MR) is 115 cm³/mol. The molecule has 0 aromatic rings. The average molecular weight is 449 g/mol. The lowest BCUT2D eigenvalue weighted by molar-refractivity contribution is -0.121. The van der Waals surface area contributed by atoms with E-state index in [1.54, 1.807) is 0 Å². The Kier molecular flexibility index (Phi) is 11.6. The molecule has 4 amide bonds. The molecule has 2 fully saturated rings. The van der Waals surface area contributed by atoms with Crippen molar-refractivity contribution in [1.82, 2.24) is 21.3 Å². The number of ether oxygens (including phenoxy) is 2. The molecule has 0 aromatic carbocycles. The van der Waals surface area contributed by atoms with Gasteiger partial charge in [-0.25, -0.2) is 4.79 Å². The van der Waals surface area contributed by atoms with Gasteiger partial charge in [0.25, 0.3) is 0 Å². The first kappa shape index (κ1) is 24.1. The summed E-state index contributed by atoms with van der Waals surface area (Å²) >= 11 is 5.76. The smallest absolute Gasteiger partial charge is 0.315 e. The van der Waals surface area contributed by atoms with Gasteiger partial charge in [-0.3, -0.25) is 9.59 Å². The molecular formula is C18H32N4O5S2. The summed E-state index contributed by atoms with van der Waals surface area (Å²) in [4.78, 5) is 34.2. The second-order valence-corrected chi connectivity index (χ2v) is 8.54. The molecule has 2 rings (SSSR count). The molecule has 9 nitrogen and oxygen atoms in total. The molecule has 0 aliphatic carbocycles. The molecular weight excluding hydrogens is 416 g/mol. The van der Waals surface area contributed by atoms with Crippen molar-refractivity contribution in [1.29, 1.82) is 0 Å². The number of unbranched alkanes of at least 4 members (excludes halogenated alkanes) is 1. The third-order valence-electron chi connectivity index (χ3n) is 4.73. The minimum Gasteiger partial charge on any atom is -0.377 e. The largest absolute Gasteiger partial charge is 0.377 e. The first-order valence-electron chi connectivity index (χ1n) is 10.1. The van der Waals surface area contributed by atoms with Gasteiger partial charge in [0.15, 0.2) is 0 Å². The van der Waals surface area contributed by atoms with Gasteiger partial charge in [-0.1, -0.05) is 6.42 Å². The van der Waals surface area contributed by atoms with Gasteiger partial charge < -0.3 is 30.7 Å². The number of urea groups is 1. The molecule has 166 valence electrons. The van der Waals surface area contributed by atoms with Crippen molar-refractivity contribution in [2.24, 2.45) is 0 Å². The number of amides is 4. The second kappa shape index (κ2) is 13.9. The van der Waals surface area contributed by atoms with Crippen LogP contribution in [0.2, 0.25) is 0 Å². The monoisotopic (exact) mass is 448 g/mol. The second-order valence-electron chi connectivity index (χ2n) is 6.95. The molecule has 0 bridgehead atoms. The zero-order valence-electron chi connectivity index (χ0n) is 16.6. The maximum Gasteiger partial charge on any atom is 0.315 e. The van der Waals surface area contributed by atoms with Crippen molar-refractivity contribution in [2.75, 3.05) is 51.0 Å². The molecule has 3 unspecified atom stereocenters. The van der Waals surface area contributed by atoms with Gasteiger partial charge in [-0.05, 0) is 12.8 Å². The quantitative estimate of drug-likeness (QED) is 0.136. The lowest BCUT2D eigenvalue weighted by Gasteiger charge is -2.16. The molecule has 2 aliphatic heterocycles.